The minimum absolute atomic E-state index is 0.669. The molecule has 0 amide bonds. The number of aromatic nitrogens is 1. The molecule has 6 nitrogen and oxygen atoms in total. The normalized spacial score (nSPS) is 24.8. The lowest BCUT2D eigenvalue weighted by Gasteiger charge is -2.48. The minimum Gasteiger partial charge on any atom is -0.376 e. The summed E-state index contributed by atoms with van der Waals surface area (Å²) >= 11 is 0. The van der Waals surface area contributed by atoms with E-state index >= 15 is 0 Å². The van der Waals surface area contributed by atoms with E-state index in [4.69, 9.17) is 9.26 Å². The first kappa shape index (κ1) is 15.6. The van der Waals surface area contributed by atoms with Gasteiger partial charge in [0.1, 0.15) is 11.5 Å². The Kier molecular flexibility index (Phi) is 4.41. The van der Waals surface area contributed by atoms with E-state index in [1.54, 1.807) is 0 Å². The molecule has 2 fully saturated rings. The third-order valence-corrected chi connectivity index (χ3v) is 5.58. The first-order valence-corrected chi connectivity index (χ1v) is 8.95. The second-order valence-electron chi connectivity index (χ2n) is 7.35. The van der Waals surface area contributed by atoms with Crippen molar-refractivity contribution < 1.29 is 9.26 Å². The van der Waals surface area contributed by atoms with Crippen molar-refractivity contribution in [3.63, 3.8) is 0 Å². The van der Waals surface area contributed by atoms with Crippen molar-refractivity contribution in [2.75, 3.05) is 45.9 Å². The Hall–Kier alpha value is -0.950. The molecule has 0 spiro atoms. The maximum Gasteiger partial charge on any atom is 0.144 e. The van der Waals surface area contributed by atoms with Crippen molar-refractivity contribution in [2.45, 2.75) is 45.5 Å². The molecule has 3 aliphatic heterocycles. The van der Waals surface area contributed by atoms with Gasteiger partial charge in [-0.25, -0.2) is 0 Å². The van der Waals surface area contributed by atoms with Crippen molar-refractivity contribution in [1.29, 1.82) is 0 Å². The molecule has 0 bridgehead atoms. The highest BCUT2D eigenvalue weighted by Crippen LogP contribution is 2.25. The third-order valence-electron chi connectivity index (χ3n) is 5.58. The second-order valence-corrected chi connectivity index (χ2v) is 7.35. The number of piperazine rings is 1. The second kappa shape index (κ2) is 6.51. The molecule has 0 unspecified atom stereocenters. The number of hydrogen-bond donors (Lipinski definition) is 0. The van der Waals surface area contributed by atoms with Gasteiger partial charge in [-0.05, 0) is 13.8 Å². The summed E-state index contributed by atoms with van der Waals surface area (Å²) in [7, 11) is 0. The Bertz CT molecular complexity index is 531. The Labute approximate surface area is 138 Å². The highest BCUT2D eigenvalue weighted by molar-refractivity contribution is 5.24. The summed E-state index contributed by atoms with van der Waals surface area (Å²) < 4.78 is 11.0. The van der Waals surface area contributed by atoms with Crippen molar-refractivity contribution in [3.05, 3.63) is 17.0 Å². The van der Waals surface area contributed by atoms with E-state index in [9.17, 15) is 0 Å². The van der Waals surface area contributed by atoms with Crippen molar-refractivity contribution >= 4 is 0 Å². The van der Waals surface area contributed by atoms with E-state index in [0.29, 0.717) is 12.6 Å². The van der Waals surface area contributed by atoms with Crippen LogP contribution in [-0.4, -0.2) is 77.8 Å². The number of likely N-dealkylation sites (tertiary alicyclic amines) is 1. The highest BCUT2D eigenvalue weighted by atomic mass is 16.5. The molecule has 2 saturated heterocycles. The lowest BCUT2D eigenvalue weighted by atomic mass is 10.0. The average molecular weight is 320 g/mol. The van der Waals surface area contributed by atoms with Gasteiger partial charge in [0.2, 0.25) is 0 Å². The molecule has 128 valence electrons. The van der Waals surface area contributed by atoms with Crippen LogP contribution < -0.4 is 0 Å². The van der Waals surface area contributed by atoms with Crippen LogP contribution in [0.1, 0.15) is 30.9 Å². The van der Waals surface area contributed by atoms with Gasteiger partial charge in [0.25, 0.3) is 0 Å². The fraction of sp³-hybridized carbons (Fsp3) is 0.824. The van der Waals surface area contributed by atoms with Crippen LogP contribution in [0, 0.1) is 0 Å². The molecule has 0 radical (unpaired) electrons. The smallest absolute Gasteiger partial charge is 0.144 e. The van der Waals surface area contributed by atoms with E-state index in [-0.39, 0.29) is 0 Å². The first-order chi connectivity index (χ1) is 11.2. The van der Waals surface area contributed by atoms with E-state index in [1.807, 2.05) is 0 Å². The maximum absolute atomic E-state index is 5.54. The average Bonchev–Trinajstić information content (AvgIpc) is 2.94. The molecule has 23 heavy (non-hydrogen) atoms. The van der Waals surface area contributed by atoms with Crippen molar-refractivity contribution in [1.82, 2.24) is 19.9 Å². The van der Waals surface area contributed by atoms with E-state index in [1.165, 1.54) is 31.7 Å². The van der Waals surface area contributed by atoms with E-state index in [0.717, 1.165) is 50.2 Å². The quantitative estimate of drug-likeness (QED) is 0.823. The molecule has 3 aliphatic rings. The summed E-state index contributed by atoms with van der Waals surface area (Å²) in [6, 6.07) is 1.40. The molecule has 0 aromatic carbocycles. The molecule has 1 aromatic heterocycles. The van der Waals surface area contributed by atoms with Gasteiger partial charge in [-0.2, -0.15) is 0 Å². The maximum atomic E-state index is 5.54. The Morgan fingerprint density at radius 3 is 2.70 bits per heavy atom. The number of ether oxygens (including phenoxy) is 1. The topological polar surface area (TPSA) is 45.0 Å². The van der Waals surface area contributed by atoms with Gasteiger partial charge in [-0.1, -0.05) is 5.16 Å². The summed E-state index contributed by atoms with van der Waals surface area (Å²) in [5.41, 5.74) is 2.29. The standard InChI is InChI=1S/C17H28N4O2/c1-13(2)20-4-6-21(7-5-20)14-9-19(10-14)11-16-15-12-22-8-3-17(15)23-18-16/h13-14H,3-12H2,1-2H3. The number of fused-ring (bicyclic) bond motifs is 1. The Balaban J connectivity index is 1.25. The van der Waals surface area contributed by atoms with Gasteiger partial charge in [0.05, 0.1) is 13.2 Å². The summed E-state index contributed by atoms with van der Waals surface area (Å²) in [4.78, 5) is 7.72. The van der Waals surface area contributed by atoms with Gasteiger partial charge in [0.15, 0.2) is 0 Å². The zero-order valence-electron chi connectivity index (χ0n) is 14.3. The number of hydrogen-bond acceptors (Lipinski definition) is 6. The summed E-state index contributed by atoms with van der Waals surface area (Å²) in [5.74, 6) is 1.04. The van der Waals surface area contributed by atoms with Crippen LogP contribution in [0.4, 0.5) is 0 Å². The molecule has 4 heterocycles. The van der Waals surface area contributed by atoms with Crippen molar-refractivity contribution in [3.8, 4) is 0 Å². The predicted molar refractivity (Wildman–Crippen MR) is 87.2 cm³/mol. The largest absolute Gasteiger partial charge is 0.376 e. The van der Waals surface area contributed by atoms with Gasteiger partial charge in [-0.3, -0.25) is 14.7 Å². The third kappa shape index (κ3) is 3.18. The first-order valence-electron chi connectivity index (χ1n) is 8.95. The molecule has 0 N–H and O–H groups in total. The summed E-state index contributed by atoms with van der Waals surface area (Å²) in [6.45, 7) is 14.1. The van der Waals surface area contributed by atoms with Crippen LogP contribution in [0.3, 0.4) is 0 Å². The molecule has 6 heteroatoms. The minimum atomic E-state index is 0.669. The number of rotatable bonds is 4. The molecule has 0 aliphatic carbocycles. The fourth-order valence-electron chi connectivity index (χ4n) is 3.94. The summed E-state index contributed by atoms with van der Waals surface area (Å²) in [6.07, 6.45) is 0.866. The summed E-state index contributed by atoms with van der Waals surface area (Å²) in [5, 5.41) is 4.27. The van der Waals surface area contributed by atoms with E-state index < -0.39 is 0 Å². The lowest BCUT2D eigenvalue weighted by molar-refractivity contribution is -0.00520. The van der Waals surface area contributed by atoms with Crippen LogP contribution in [-0.2, 0) is 24.3 Å². The Morgan fingerprint density at radius 1 is 1.17 bits per heavy atom. The van der Waals surface area contributed by atoms with E-state index in [2.05, 4.69) is 33.7 Å². The van der Waals surface area contributed by atoms with Gasteiger partial charge in [0, 0.05) is 69.9 Å². The fourth-order valence-corrected chi connectivity index (χ4v) is 3.94. The predicted octanol–water partition coefficient (Wildman–Crippen LogP) is 0.958. The van der Waals surface area contributed by atoms with Gasteiger partial charge in [-0.15, -0.1) is 0 Å². The molecule has 0 atom stereocenters. The zero-order valence-corrected chi connectivity index (χ0v) is 14.3. The van der Waals surface area contributed by atoms with Crippen molar-refractivity contribution in [2.24, 2.45) is 0 Å². The molecular weight excluding hydrogens is 292 g/mol. The monoisotopic (exact) mass is 320 g/mol. The van der Waals surface area contributed by atoms with Crippen LogP contribution in [0.15, 0.2) is 4.52 Å². The van der Waals surface area contributed by atoms with Crippen LogP contribution in [0.25, 0.3) is 0 Å². The van der Waals surface area contributed by atoms with Crippen LogP contribution in [0.2, 0.25) is 0 Å². The highest BCUT2D eigenvalue weighted by Gasteiger charge is 2.34. The van der Waals surface area contributed by atoms with Crippen LogP contribution >= 0.6 is 0 Å². The molecule has 4 rings (SSSR count). The van der Waals surface area contributed by atoms with Gasteiger partial charge >= 0.3 is 0 Å². The Morgan fingerprint density at radius 2 is 1.96 bits per heavy atom. The zero-order chi connectivity index (χ0) is 15.8. The molecule has 1 aromatic rings. The molecule has 0 saturated carbocycles. The molecular formula is C17H28N4O2. The number of nitrogens with zero attached hydrogens (tertiary/aromatic N) is 4. The van der Waals surface area contributed by atoms with Crippen LogP contribution in [0.5, 0.6) is 0 Å². The lowest BCUT2D eigenvalue weighted by Crippen LogP contribution is -2.63. The SMILES string of the molecule is CC(C)N1CCN(C2CN(Cc3noc4c3COCC4)C2)CC1. The van der Waals surface area contributed by atoms with Gasteiger partial charge < -0.3 is 9.26 Å².